The van der Waals surface area contributed by atoms with Crippen LogP contribution in [0.15, 0.2) is 0 Å². The van der Waals surface area contributed by atoms with Crippen molar-refractivity contribution in [2.45, 2.75) is 12.5 Å². The molecule has 4 nitrogen and oxygen atoms in total. The van der Waals surface area contributed by atoms with Gasteiger partial charge in [0.15, 0.2) is 0 Å². The first kappa shape index (κ1) is 11.8. The molecule has 0 saturated carbocycles. The third-order valence-electron chi connectivity index (χ3n) is 2.31. The Morgan fingerprint density at radius 2 is 2.50 bits per heavy atom. The van der Waals surface area contributed by atoms with Gasteiger partial charge >= 0.3 is 0 Å². The number of amides is 1. The van der Waals surface area contributed by atoms with Gasteiger partial charge in [0.25, 0.3) is 0 Å². The lowest BCUT2D eigenvalue weighted by molar-refractivity contribution is -0.131. The maximum atomic E-state index is 11.8. The standard InChI is InChI=1S/C9H19N3OS/c1-10-4-3-5-12(2)9(13)8-6-14-7-11-8/h8,10-11H,3-7H2,1-2H3. The minimum absolute atomic E-state index is 0.0413. The molecule has 0 spiro atoms. The van der Waals surface area contributed by atoms with Gasteiger partial charge in [0.1, 0.15) is 0 Å². The summed E-state index contributed by atoms with van der Waals surface area (Å²) in [5, 5.41) is 6.26. The van der Waals surface area contributed by atoms with Crippen molar-refractivity contribution in [2.75, 3.05) is 38.8 Å². The van der Waals surface area contributed by atoms with Gasteiger partial charge in [-0.2, -0.15) is 0 Å². The molecule has 2 N–H and O–H groups in total. The van der Waals surface area contributed by atoms with E-state index in [1.54, 1.807) is 11.8 Å². The lowest BCUT2D eigenvalue weighted by Gasteiger charge is -2.20. The van der Waals surface area contributed by atoms with E-state index in [1.807, 2.05) is 19.0 Å². The van der Waals surface area contributed by atoms with Gasteiger partial charge in [-0.25, -0.2) is 0 Å². The zero-order chi connectivity index (χ0) is 10.4. The van der Waals surface area contributed by atoms with Crippen LogP contribution in [0.5, 0.6) is 0 Å². The minimum Gasteiger partial charge on any atom is -0.344 e. The van der Waals surface area contributed by atoms with E-state index < -0.39 is 0 Å². The summed E-state index contributed by atoms with van der Waals surface area (Å²) in [6.07, 6.45) is 1.01. The zero-order valence-corrected chi connectivity index (χ0v) is 9.69. The summed E-state index contributed by atoms with van der Waals surface area (Å²) in [5.41, 5.74) is 0. The second kappa shape index (κ2) is 6.27. The van der Waals surface area contributed by atoms with Crippen LogP contribution in [0.3, 0.4) is 0 Å². The number of carbonyl (C=O) groups is 1. The molecule has 1 rings (SSSR count). The van der Waals surface area contributed by atoms with Crippen molar-refractivity contribution < 1.29 is 4.79 Å². The number of carbonyl (C=O) groups excluding carboxylic acids is 1. The van der Waals surface area contributed by atoms with Crippen LogP contribution in [0.25, 0.3) is 0 Å². The van der Waals surface area contributed by atoms with Crippen molar-refractivity contribution in [3.8, 4) is 0 Å². The second-order valence-corrected chi connectivity index (χ2v) is 4.52. The Kier molecular flexibility index (Phi) is 5.29. The van der Waals surface area contributed by atoms with E-state index in [-0.39, 0.29) is 11.9 Å². The fourth-order valence-corrected chi connectivity index (χ4v) is 2.36. The highest BCUT2D eigenvalue weighted by Crippen LogP contribution is 2.11. The van der Waals surface area contributed by atoms with E-state index in [0.29, 0.717) is 0 Å². The molecule has 82 valence electrons. The monoisotopic (exact) mass is 217 g/mol. The molecule has 1 aliphatic rings. The number of thioether (sulfide) groups is 1. The minimum atomic E-state index is 0.0413. The highest BCUT2D eigenvalue weighted by atomic mass is 32.2. The number of nitrogens with zero attached hydrogens (tertiary/aromatic N) is 1. The van der Waals surface area contributed by atoms with Gasteiger partial charge in [0, 0.05) is 25.2 Å². The lowest BCUT2D eigenvalue weighted by Crippen LogP contribution is -2.43. The van der Waals surface area contributed by atoms with E-state index in [2.05, 4.69) is 10.6 Å². The molecule has 1 unspecified atom stereocenters. The third kappa shape index (κ3) is 3.48. The normalized spacial score (nSPS) is 21.1. The van der Waals surface area contributed by atoms with Crippen LogP contribution in [-0.2, 0) is 4.79 Å². The SMILES string of the molecule is CNCCCN(C)C(=O)C1CSCN1. The number of hydrogen-bond acceptors (Lipinski definition) is 4. The van der Waals surface area contributed by atoms with Crippen LogP contribution in [0.1, 0.15) is 6.42 Å². The summed E-state index contributed by atoms with van der Waals surface area (Å²) in [6.45, 7) is 1.80. The second-order valence-electron chi connectivity index (χ2n) is 3.49. The first-order valence-corrected chi connectivity index (χ1v) is 6.12. The van der Waals surface area contributed by atoms with E-state index in [1.165, 1.54) is 0 Å². The van der Waals surface area contributed by atoms with Gasteiger partial charge in [-0.05, 0) is 20.0 Å². The van der Waals surface area contributed by atoms with Gasteiger partial charge in [0.05, 0.1) is 6.04 Å². The molecule has 0 aromatic carbocycles. The van der Waals surface area contributed by atoms with Gasteiger partial charge < -0.3 is 10.2 Å². The van der Waals surface area contributed by atoms with Gasteiger partial charge in [-0.3, -0.25) is 10.1 Å². The molecule has 0 aromatic heterocycles. The average Bonchev–Trinajstić information content (AvgIpc) is 2.69. The van der Waals surface area contributed by atoms with Crippen LogP contribution in [0.2, 0.25) is 0 Å². The predicted octanol–water partition coefficient (Wildman–Crippen LogP) is -0.283. The molecule has 1 saturated heterocycles. The Labute approximate surface area is 89.8 Å². The topological polar surface area (TPSA) is 44.4 Å². The molecule has 1 amide bonds. The van der Waals surface area contributed by atoms with E-state index in [4.69, 9.17) is 0 Å². The van der Waals surface area contributed by atoms with Gasteiger partial charge in [-0.1, -0.05) is 0 Å². The Bertz CT molecular complexity index is 183. The van der Waals surface area contributed by atoms with Crippen LogP contribution in [-0.4, -0.2) is 55.7 Å². The molecule has 0 aromatic rings. The first-order chi connectivity index (χ1) is 6.75. The van der Waals surface area contributed by atoms with Crippen molar-refractivity contribution in [1.29, 1.82) is 0 Å². The number of likely N-dealkylation sites (N-methyl/N-ethyl adjacent to an activating group) is 1. The molecule has 1 aliphatic heterocycles. The van der Waals surface area contributed by atoms with Crippen molar-refractivity contribution in [2.24, 2.45) is 0 Å². The Balaban J connectivity index is 2.21. The van der Waals surface area contributed by atoms with E-state index in [9.17, 15) is 4.79 Å². The first-order valence-electron chi connectivity index (χ1n) is 4.96. The number of nitrogens with one attached hydrogen (secondary N) is 2. The van der Waals surface area contributed by atoms with Crippen LogP contribution in [0.4, 0.5) is 0 Å². The summed E-state index contributed by atoms with van der Waals surface area (Å²) in [5.74, 6) is 2.04. The largest absolute Gasteiger partial charge is 0.344 e. The zero-order valence-electron chi connectivity index (χ0n) is 8.88. The van der Waals surface area contributed by atoms with Crippen molar-refractivity contribution >= 4 is 17.7 Å². The van der Waals surface area contributed by atoms with E-state index >= 15 is 0 Å². The van der Waals surface area contributed by atoms with Crippen LogP contribution in [0, 0.1) is 0 Å². The molecule has 1 fully saturated rings. The van der Waals surface area contributed by atoms with Crippen molar-refractivity contribution in [1.82, 2.24) is 15.5 Å². The molecule has 0 bridgehead atoms. The van der Waals surface area contributed by atoms with Gasteiger partial charge in [-0.15, -0.1) is 11.8 Å². The Morgan fingerprint density at radius 3 is 3.07 bits per heavy atom. The summed E-state index contributed by atoms with van der Waals surface area (Å²) in [7, 11) is 3.81. The predicted molar refractivity (Wildman–Crippen MR) is 60.4 cm³/mol. The molecule has 1 atom stereocenters. The van der Waals surface area contributed by atoms with Crippen molar-refractivity contribution in [3.63, 3.8) is 0 Å². The summed E-state index contributed by atoms with van der Waals surface area (Å²) in [4.78, 5) is 13.6. The Hall–Kier alpha value is -0.260. The quantitative estimate of drug-likeness (QED) is 0.622. The molecule has 5 heteroatoms. The third-order valence-corrected chi connectivity index (χ3v) is 3.25. The molecular weight excluding hydrogens is 198 g/mol. The maximum absolute atomic E-state index is 11.8. The average molecular weight is 217 g/mol. The summed E-state index contributed by atoms with van der Waals surface area (Å²) < 4.78 is 0. The molecule has 14 heavy (non-hydrogen) atoms. The highest BCUT2D eigenvalue weighted by Gasteiger charge is 2.24. The molecule has 1 heterocycles. The number of rotatable bonds is 5. The fraction of sp³-hybridized carbons (Fsp3) is 0.889. The smallest absolute Gasteiger partial charge is 0.240 e. The number of hydrogen-bond donors (Lipinski definition) is 2. The maximum Gasteiger partial charge on any atom is 0.240 e. The summed E-state index contributed by atoms with van der Waals surface area (Å²) >= 11 is 1.79. The van der Waals surface area contributed by atoms with Crippen LogP contribution < -0.4 is 10.6 Å². The molecule has 0 aliphatic carbocycles. The van der Waals surface area contributed by atoms with E-state index in [0.717, 1.165) is 31.1 Å². The molecular formula is C9H19N3OS. The molecule has 0 radical (unpaired) electrons. The highest BCUT2D eigenvalue weighted by molar-refractivity contribution is 7.99. The van der Waals surface area contributed by atoms with Crippen LogP contribution >= 0.6 is 11.8 Å². The van der Waals surface area contributed by atoms with Gasteiger partial charge in [0.2, 0.25) is 5.91 Å². The van der Waals surface area contributed by atoms with Crippen molar-refractivity contribution in [3.05, 3.63) is 0 Å². The Morgan fingerprint density at radius 1 is 1.71 bits per heavy atom. The lowest BCUT2D eigenvalue weighted by atomic mass is 10.3. The fourth-order valence-electron chi connectivity index (χ4n) is 1.42. The summed E-state index contributed by atoms with van der Waals surface area (Å²) in [6, 6.07) is 0.0413.